The zero-order valence-corrected chi connectivity index (χ0v) is 17.0. The van der Waals surface area contributed by atoms with Gasteiger partial charge in [-0.15, -0.1) is 0 Å². The molecule has 0 fully saturated rings. The summed E-state index contributed by atoms with van der Waals surface area (Å²) in [6.45, 7) is 4.38. The Morgan fingerprint density at radius 3 is 2.45 bits per heavy atom. The number of aryl methyl sites for hydroxylation is 1. The van der Waals surface area contributed by atoms with Gasteiger partial charge in [0.25, 0.3) is 0 Å². The van der Waals surface area contributed by atoms with Crippen LogP contribution in [0.1, 0.15) is 43.3 Å². The molecule has 3 aromatic rings. The summed E-state index contributed by atoms with van der Waals surface area (Å²) < 4.78 is 72.2. The molecule has 0 aliphatic heterocycles. The fourth-order valence-corrected chi connectivity index (χ4v) is 4.52. The summed E-state index contributed by atoms with van der Waals surface area (Å²) in [6, 6.07) is 4.38. The average molecular weight is 437 g/mol. The fourth-order valence-electron chi connectivity index (χ4n) is 4.52. The van der Waals surface area contributed by atoms with Crippen molar-refractivity contribution in [1.29, 1.82) is 0 Å². The zero-order chi connectivity index (χ0) is 22.8. The summed E-state index contributed by atoms with van der Waals surface area (Å²) in [5, 5.41) is 14.0. The van der Waals surface area contributed by atoms with Crippen LogP contribution in [0.15, 0.2) is 36.5 Å². The molecule has 4 rings (SSSR count). The Morgan fingerprint density at radius 1 is 1.10 bits per heavy atom. The number of benzene rings is 2. The van der Waals surface area contributed by atoms with Crippen molar-refractivity contribution in [2.45, 2.75) is 50.4 Å². The first-order chi connectivity index (χ1) is 14.3. The molecule has 1 heterocycles. The summed E-state index contributed by atoms with van der Waals surface area (Å²) in [5.41, 5.74) is -4.93. The maximum absolute atomic E-state index is 14.9. The number of fused-ring (bicyclic) bond motifs is 2. The SMILES string of the molecule is Cc1ncc2c(NC3c4c(F)ccc(F)c4C(C)(C)CC3(O)C(F)(F)F)cccc2n1. The minimum Gasteiger partial charge on any atom is -0.379 e. The molecule has 2 N–H and O–H groups in total. The van der Waals surface area contributed by atoms with Crippen molar-refractivity contribution < 1.29 is 27.1 Å². The molecule has 1 aliphatic carbocycles. The van der Waals surface area contributed by atoms with Crippen LogP contribution in [-0.2, 0) is 5.41 Å². The van der Waals surface area contributed by atoms with Crippen molar-refractivity contribution in [2.75, 3.05) is 5.32 Å². The van der Waals surface area contributed by atoms with Crippen LogP contribution in [0, 0.1) is 18.6 Å². The smallest absolute Gasteiger partial charge is 0.379 e. The first kappa shape index (κ1) is 21.4. The molecule has 1 aromatic heterocycles. The van der Waals surface area contributed by atoms with Gasteiger partial charge in [-0.1, -0.05) is 19.9 Å². The number of nitrogens with one attached hydrogen (secondary N) is 1. The third-order valence-electron chi connectivity index (χ3n) is 5.83. The second-order valence-electron chi connectivity index (χ2n) is 8.53. The largest absolute Gasteiger partial charge is 0.419 e. The average Bonchev–Trinajstić information content (AvgIpc) is 2.65. The van der Waals surface area contributed by atoms with Crippen LogP contribution in [0.2, 0.25) is 0 Å². The lowest BCUT2D eigenvalue weighted by Crippen LogP contribution is -2.59. The maximum Gasteiger partial charge on any atom is 0.419 e. The van der Waals surface area contributed by atoms with Gasteiger partial charge in [-0.05, 0) is 43.0 Å². The normalized spacial score (nSPS) is 22.9. The Kier molecular flexibility index (Phi) is 4.73. The summed E-state index contributed by atoms with van der Waals surface area (Å²) in [5.74, 6) is -1.39. The highest BCUT2D eigenvalue weighted by Crippen LogP contribution is 2.55. The fraction of sp³-hybridized carbons (Fsp3) is 0.364. The van der Waals surface area contributed by atoms with Crippen molar-refractivity contribution in [3.8, 4) is 0 Å². The quantitative estimate of drug-likeness (QED) is 0.531. The van der Waals surface area contributed by atoms with Crippen LogP contribution in [-0.4, -0.2) is 26.9 Å². The number of hydrogen-bond donors (Lipinski definition) is 2. The molecule has 0 spiro atoms. The number of aliphatic hydroxyl groups is 1. The second-order valence-corrected chi connectivity index (χ2v) is 8.53. The molecular formula is C22H20F5N3O. The molecule has 164 valence electrons. The lowest BCUT2D eigenvalue weighted by molar-refractivity contribution is -0.276. The molecule has 9 heteroatoms. The van der Waals surface area contributed by atoms with Gasteiger partial charge in [0.1, 0.15) is 17.5 Å². The van der Waals surface area contributed by atoms with E-state index in [1.807, 2.05) is 0 Å². The van der Waals surface area contributed by atoms with E-state index in [1.165, 1.54) is 26.1 Å². The standard InChI is InChI=1S/C22H20F5N3O/c1-11-28-9-12-15(29-11)5-4-6-16(12)30-19-17-13(23)7-8-14(24)18(17)20(2,3)10-21(19,31)22(25,26)27/h4-9,19,30-31H,10H2,1-3H3. The van der Waals surface area contributed by atoms with Crippen LogP contribution >= 0.6 is 0 Å². The number of nitrogens with zero attached hydrogens (tertiary/aromatic N) is 2. The van der Waals surface area contributed by atoms with Gasteiger partial charge < -0.3 is 10.4 Å². The van der Waals surface area contributed by atoms with E-state index in [2.05, 4.69) is 15.3 Å². The second kappa shape index (κ2) is 6.85. The molecule has 0 radical (unpaired) electrons. The van der Waals surface area contributed by atoms with Crippen molar-refractivity contribution in [3.63, 3.8) is 0 Å². The third kappa shape index (κ3) is 3.31. The number of aromatic nitrogens is 2. The molecule has 1 aliphatic rings. The Balaban J connectivity index is 1.98. The molecule has 0 bridgehead atoms. The van der Waals surface area contributed by atoms with E-state index in [0.717, 1.165) is 12.1 Å². The molecule has 0 saturated carbocycles. The predicted molar refractivity (Wildman–Crippen MR) is 106 cm³/mol. The van der Waals surface area contributed by atoms with Crippen molar-refractivity contribution >= 4 is 16.6 Å². The van der Waals surface area contributed by atoms with Gasteiger partial charge in [0.15, 0.2) is 5.60 Å². The first-order valence-electron chi connectivity index (χ1n) is 9.61. The Hall–Kier alpha value is -2.81. The number of halogens is 5. The number of anilines is 1. The van der Waals surface area contributed by atoms with Crippen LogP contribution in [0.3, 0.4) is 0 Å². The highest BCUT2D eigenvalue weighted by Gasteiger charge is 2.64. The van der Waals surface area contributed by atoms with Crippen LogP contribution in [0.25, 0.3) is 10.9 Å². The van der Waals surface area contributed by atoms with Gasteiger partial charge in [-0.3, -0.25) is 0 Å². The molecule has 2 atom stereocenters. The van der Waals surface area contributed by atoms with E-state index in [9.17, 15) is 27.1 Å². The number of hydrogen-bond acceptors (Lipinski definition) is 4. The summed E-state index contributed by atoms with van der Waals surface area (Å²) >= 11 is 0. The molecule has 4 nitrogen and oxygen atoms in total. The highest BCUT2D eigenvalue weighted by atomic mass is 19.4. The first-order valence-corrected chi connectivity index (χ1v) is 9.61. The third-order valence-corrected chi connectivity index (χ3v) is 5.83. The summed E-state index contributed by atoms with van der Waals surface area (Å²) in [6.07, 6.45) is -4.53. The molecule has 31 heavy (non-hydrogen) atoms. The van der Waals surface area contributed by atoms with E-state index in [4.69, 9.17) is 0 Å². The van der Waals surface area contributed by atoms with E-state index < -0.39 is 46.9 Å². The summed E-state index contributed by atoms with van der Waals surface area (Å²) in [4.78, 5) is 8.32. The van der Waals surface area contributed by atoms with E-state index in [-0.39, 0.29) is 11.3 Å². The van der Waals surface area contributed by atoms with Gasteiger partial charge in [0.05, 0.1) is 11.6 Å². The lowest BCUT2D eigenvalue weighted by atomic mass is 9.63. The topological polar surface area (TPSA) is 58.0 Å². The van der Waals surface area contributed by atoms with Crippen molar-refractivity contribution in [3.05, 3.63) is 65.1 Å². The number of alkyl halides is 3. The maximum atomic E-state index is 14.9. The number of rotatable bonds is 2. The van der Waals surface area contributed by atoms with Crippen molar-refractivity contribution in [2.24, 2.45) is 0 Å². The summed E-state index contributed by atoms with van der Waals surface area (Å²) in [7, 11) is 0. The molecule has 0 amide bonds. The molecular weight excluding hydrogens is 417 g/mol. The predicted octanol–water partition coefficient (Wildman–Crippen LogP) is 5.34. The van der Waals surface area contributed by atoms with Gasteiger partial charge in [0, 0.05) is 28.4 Å². The van der Waals surface area contributed by atoms with Gasteiger partial charge in [0.2, 0.25) is 0 Å². The Morgan fingerprint density at radius 2 is 1.77 bits per heavy atom. The van der Waals surface area contributed by atoms with Gasteiger partial charge in [-0.25, -0.2) is 18.7 Å². The van der Waals surface area contributed by atoms with Crippen molar-refractivity contribution in [1.82, 2.24) is 9.97 Å². The van der Waals surface area contributed by atoms with Crippen LogP contribution < -0.4 is 5.32 Å². The Bertz CT molecular complexity index is 1180. The van der Waals surface area contributed by atoms with E-state index in [1.54, 1.807) is 19.1 Å². The van der Waals surface area contributed by atoms with Gasteiger partial charge >= 0.3 is 6.18 Å². The Labute approximate surface area is 175 Å². The molecule has 2 unspecified atom stereocenters. The monoisotopic (exact) mass is 437 g/mol. The van der Waals surface area contributed by atoms with Crippen LogP contribution in [0.5, 0.6) is 0 Å². The van der Waals surface area contributed by atoms with Crippen LogP contribution in [0.4, 0.5) is 27.6 Å². The molecule has 2 aromatic carbocycles. The lowest BCUT2D eigenvalue weighted by Gasteiger charge is -2.49. The molecule has 0 saturated heterocycles. The minimum absolute atomic E-state index is 0.166. The zero-order valence-electron chi connectivity index (χ0n) is 17.0. The van der Waals surface area contributed by atoms with Gasteiger partial charge in [-0.2, -0.15) is 13.2 Å². The van der Waals surface area contributed by atoms with E-state index >= 15 is 0 Å². The highest BCUT2D eigenvalue weighted by molar-refractivity contribution is 5.91. The minimum atomic E-state index is -5.12. The van der Waals surface area contributed by atoms with E-state index in [0.29, 0.717) is 16.7 Å².